The zero-order valence-electron chi connectivity index (χ0n) is 13.4. The van der Waals surface area contributed by atoms with Gasteiger partial charge in [-0.1, -0.05) is 19.4 Å². The average Bonchev–Trinajstić information content (AvgIpc) is 2.37. The lowest BCUT2D eigenvalue weighted by molar-refractivity contribution is -0.0973. The van der Waals surface area contributed by atoms with Gasteiger partial charge < -0.3 is 10.1 Å². The first-order chi connectivity index (χ1) is 9.04. The van der Waals surface area contributed by atoms with Gasteiger partial charge in [0.15, 0.2) is 0 Å². The summed E-state index contributed by atoms with van der Waals surface area (Å²) < 4.78 is 6.27. The van der Waals surface area contributed by atoms with E-state index in [1.54, 1.807) is 0 Å². The van der Waals surface area contributed by atoms with Crippen LogP contribution in [0.25, 0.3) is 0 Å². The van der Waals surface area contributed by atoms with E-state index < -0.39 is 0 Å². The molecule has 19 heavy (non-hydrogen) atoms. The molecule has 0 aromatic rings. The summed E-state index contributed by atoms with van der Waals surface area (Å²) >= 11 is 0. The first kappa shape index (κ1) is 16.7. The number of rotatable bonds is 8. The van der Waals surface area contributed by atoms with Crippen molar-refractivity contribution in [1.82, 2.24) is 5.32 Å². The highest BCUT2D eigenvalue weighted by Crippen LogP contribution is 2.38. The summed E-state index contributed by atoms with van der Waals surface area (Å²) in [6.45, 7) is 14.7. The van der Waals surface area contributed by atoms with Gasteiger partial charge in [0.05, 0.1) is 5.60 Å². The fraction of sp³-hybridized carbons (Fsp3) is 0.882. The summed E-state index contributed by atoms with van der Waals surface area (Å²) in [6, 6.07) is 0.474. The number of likely N-dealkylation sites (N-methyl/N-ethyl adjacent to an activating group) is 1. The third-order valence-corrected chi connectivity index (χ3v) is 4.50. The maximum Gasteiger partial charge on any atom is 0.0834 e. The molecule has 0 radical (unpaired) electrons. The lowest BCUT2D eigenvalue weighted by Gasteiger charge is -2.45. The Hall–Kier alpha value is -0.340. The summed E-state index contributed by atoms with van der Waals surface area (Å²) in [5, 5.41) is 3.68. The molecule has 1 N–H and O–H groups in total. The molecule has 0 bridgehead atoms. The fourth-order valence-electron chi connectivity index (χ4n) is 3.32. The predicted octanol–water partition coefficient (Wildman–Crippen LogP) is 4.31. The van der Waals surface area contributed by atoms with Crippen molar-refractivity contribution in [3.8, 4) is 0 Å². The summed E-state index contributed by atoms with van der Waals surface area (Å²) in [7, 11) is 0. The van der Waals surface area contributed by atoms with Gasteiger partial charge in [-0.05, 0) is 64.8 Å². The Kier molecular flexibility index (Phi) is 7.09. The van der Waals surface area contributed by atoms with Crippen LogP contribution in [0.5, 0.6) is 0 Å². The van der Waals surface area contributed by atoms with E-state index in [2.05, 4.69) is 39.6 Å². The monoisotopic (exact) mass is 267 g/mol. The highest BCUT2D eigenvalue weighted by atomic mass is 16.5. The van der Waals surface area contributed by atoms with Gasteiger partial charge >= 0.3 is 0 Å². The van der Waals surface area contributed by atoms with E-state index in [0.29, 0.717) is 6.04 Å². The minimum Gasteiger partial charge on any atom is -0.374 e. The number of allylic oxidation sites excluding steroid dienone is 1. The van der Waals surface area contributed by atoms with Gasteiger partial charge in [0, 0.05) is 12.6 Å². The van der Waals surface area contributed by atoms with Crippen LogP contribution in [0.3, 0.4) is 0 Å². The molecule has 2 heteroatoms. The van der Waals surface area contributed by atoms with Crippen molar-refractivity contribution >= 4 is 0 Å². The molecule has 112 valence electrons. The molecule has 0 saturated heterocycles. The topological polar surface area (TPSA) is 21.3 Å². The molecule has 0 spiro atoms. The lowest BCUT2D eigenvalue weighted by atomic mass is 9.74. The minimum atomic E-state index is 0.0622. The van der Waals surface area contributed by atoms with Gasteiger partial charge in [-0.25, -0.2) is 0 Å². The van der Waals surface area contributed by atoms with Crippen LogP contribution in [-0.2, 0) is 4.74 Å². The van der Waals surface area contributed by atoms with Crippen LogP contribution in [0.15, 0.2) is 12.2 Å². The van der Waals surface area contributed by atoms with E-state index in [1.807, 2.05) is 0 Å². The Bertz CT molecular complexity index is 266. The molecule has 1 saturated carbocycles. The van der Waals surface area contributed by atoms with Crippen molar-refractivity contribution in [2.75, 3.05) is 13.2 Å². The molecule has 0 aromatic heterocycles. The molecule has 0 aliphatic heterocycles. The van der Waals surface area contributed by atoms with Crippen LogP contribution in [0.1, 0.15) is 66.2 Å². The van der Waals surface area contributed by atoms with Crippen LogP contribution in [0.4, 0.5) is 0 Å². The van der Waals surface area contributed by atoms with Crippen LogP contribution in [0, 0.1) is 5.92 Å². The Balaban J connectivity index is 2.75. The Morgan fingerprint density at radius 2 is 2.00 bits per heavy atom. The molecule has 1 aliphatic rings. The van der Waals surface area contributed by atoms with E-state index >= 15 is 0 Å². The maximum absolute atomic E-state index is 6.27. The number of hydrogen-bond acceptors (Lipinski definition) is 2. The van der Waals surface area contributed by atoms with Gasteiger partial charge in [-0.3, -0.25) is 0 Å². The van der Waals surface area contributed by atoms with E-state index in [4.69, 9.17) is 4.74 Å². The first-order valence-electron chi connectivity index (χ1n) is 8.05. The zero-order valence-corrected chi connectivity index (χ0v) is 13.4. The SMILES string of the molecule is C=C(C)CCC(NCC)C1(OCC)CCC(C)CC1. The highest BCUT2D eigenvalue weighted by molar-refractivity contribution is 4.99. The second-order valence-corrected chi connectivity index (χ2v) is 6.29. The molecule has 2 nitrogen and oxygen atoms in total. The maximum atomic E-state index is 6.27. The molecular weight excluding hydrogens is 234 g/mol. The predicted molar refractivity (Wildman–Crippen MR) is 83.5 cm³/mol. The van der Waals surface area contributed by atoms with Gasteiger partial charge in [0.1, 0.15) is 0 Å². The van der Waals surface area contributed by atoms with Gasteiger partial charge in [0.2, 0.25) is 0 Å². The molecule has 1 rings (SSSR count). The lowest BCUT2D eigenvalue weighted by Crippen LogP contribution is -2.54. The van der Waals surface area contributed by atoms with Crippen molar-refractivity contribution in [2.24, 2.45) is 5.92 Å². The summed E-state index contributed by atoms with van der Waals surface area (Å²) in [4.78, 5) is 0. The second-order valence-electron chi connectivity index (χ2n) is 6.29. The van der Waals surface area contributed by atoms with Crippen molar-refractivity contribution in [2.45, 2.75) is 77.9 Å². The van der Waals surface area contributed by atoms with E-state index in [1.165, 1.54) is 31.3 Å². The minimum absolute atomic E-state index is 0.0622. The van der Waals surface area contributed by atoms with Crippen molar-refractivity contribution in [3.05, 3.63) is 12.2 Å². The van der Waals surface area contributed by atoms with Crippen LogP contribution < -0.4 is 5.32 Å². The summed E-state index contributed by atoms with van der Waals surface area (Å²) in [5.41, 5.74) is 1.34. The Morgan fingerprint density at radius 3 is 2.47 bits per heavy atom. The number of nitrogens with one attached hydrogen (secondary N) is 1. The highest BCUT2D eigenvalue weighted by Gasteiger charge is 2.41. The molecule has 0 amide bonds. The summed E-state index contributed by atoms with van der Waals surface area (Å²) in [6.07, 6.45) is 7.26. The van der Waals surface area contributed by atoms with Crippen molar-refractivity contribution in [1.29, 1.82) is 0 Å². The van der Waals surface area contributed by atoms with Crippen molar-refractivity contribution in [3.63, 3.8) is 0 Å². The van der Waals surface area contributed by atoms with Crippen molar-refractivity contribution < 1.29 is 4.74 Å². The third-order valence-electron chi connectivity index (χ3n) is 4.50. The van der Waals surface area contributed by atoms with Gasteiger partial charge in [0.25, 0.3) is 0 Å². The van der Waals surface area contributed by atoms with Crippen LogP contribution >= 0.6 is 0 Å². The average molecular weight is 267 g/mol. The normalized spacial score (nSPS) is 29.2. The Labute approximate surface area is 120 Å². The Morgan fingerprint density at radius 1 is 1.37 bits per heavy atom. The summed E-state index contributed by atoms with van der Waals surface area (Å²) in [5.74, 6) is 0.858. The van der Waals surface area contributed by atoms with Crippen LogP contribution in [0.2, 0.25) is 0 Å². The van der Waals surface area contributed by atoms with Gasteiger partial charge in [-0.2, -0.15) is 0 Å². The van der Waals surface area contributed by atoms with E-state index in [-0.39, 0.29) is 5.60 Å². The molecule has 1 atom stereocenters. The molecule has 1 fully saturated rings. The van der Waals surface area contributed by atoms with E-state index in [9.17, 15) is 0 Å². The number of hydrogen-bond donors (Lipinski definition) is 1. The zero-order chi connectivity index (χ0) is 14.3. The molecule has 1 aliphatic carbocycles. The molecule has 1 unspecified atom stereocenters. The standard InChI is InChI=1S/C17H33NO/c1-6-18-16(9-8-14(3)4)17(19-7-2)12-10-15(5)11-13-17/h15-16,18H,3,6-13H2,1-2,4-5H3. The first-order valence-corrected chi connectivity index (χ1v) is 8.05. The molecule has 0 aromatic carbocycles. The molecule has 0 heterocycles. The second kappa shape index (κ2) is 8.06. The largest absolute Gasteiger partial charge is 0.374 e. The smallest absolute Gasteiger partial charge is 0.0834 e. The third kappa shape index (κ3) is 4.92. The molecular formula is C17H33NO. The quantitative estimate of drug-likeness (QED) is 0.662. The van der Waals surface area contributed by atoms with E-state index in [0.717, 1.165) is 31.9 Å². The van der Waals surface area contributed by atoms with Gasteiger partial charge in [-0.15, -0.1) is 6.58 Å². The van der Waals surface area contributed by atoms with Crippen LogP contribution in [-0.4, -0.2) is 24.8 Å². The fourth-order valence-corrected chi connectivity index (χ4v) is 3.32. The number of ether oxygens (including phenoxy) is 1.